The van der Waals surface area contributed by atoms with Crippen molar-refractivity contribution in [2.24, 2.45) is 5.73 Å². The second kappa shape index (κ2) is 5.77. The molecule has 2 aromatic rings. The van der Waals surface area contributed by atoms with Gasteiger partial charge in [-0.25, -0.2) is 4.21 Å². The second-order valence-electron chi connectivity index (χ2n) is 5.05. The van der Waals surface area contributed by atoms with Crippen molar-refractivity contribution in [1.82, 2.24) is 0 Å². The number of hydrogen-bond donors (Lipinski definition) is 1. The molecule has 0 spiro atoms. The maximum atomic E-state index is 12.8. The van der Waals surface area contributed by atoms with Gasteiger partial charge < -0.3 is 5.73 Å². The van der Waals surface area contributed by atoms with Gasteiger partial charge in [-0.2, -0.15) is 0 Å². The van der Waals surface area contributed by atoms with Crippen LogP contribution < -0.4 is 10.0 Å². The van der Waals surface area contributed by atoms with Crippen molar-refractivity contribution in [2.45, 2.75) is 23.8 Å². The van der Waals surface area contributed by atoms with Gasteiger partial charge in [0.1, 0.15) is 0 Å². The highest BCUT2D eigenvalue weighted by Gasteiger charge is 2.23. The molecule has 20 heavy (non-hydrogen) atoms. The minimum Gasteiger partial charge on any atom is -0.327 e. The van der Waals surface area contributed by atoms with Crippen LogP contribution in [0.2, 0.25) is 0 Å². The Balaban J connectivity index is 1.99. The van der Waals surface area contributed by atoms with Crippen molar-refractivity contribution < 1.29 is 4.21 Å². The van der Waals surface area contributed by atoms with Gasteiger partial charge in [-0.3, -0.25) is 4.31 Å². The Hall–Kier alpha value is -1.65. The minimum absolute atomic E-state index is 0.133. The van der Waals surface area contributed by atoms with E-state index in [4.69, 9.17) is 5.73 Å². The number of anilines is 1. The topological polar surface area (TPSA) is 46.3 Å². The first-order chi connectivity index (χ1) is 9.75. The van der Waals surface area contributed by atoms with Crippen molar-refractivity contribution in [1.29, 1.82) is 0 Å². The molecule has 0 amide bonds. The van der Waals surface area contributed by atoms with E-state index in [9.17, 15) is 4.21 Å². The summed E-state index contributed by atoms with van der Waals surface area (Å²) >= 11 is 0. The second-order valence-corrected chi connectivity index (χ2v) is 6.46. The summed E-state index contributed by atoms with van der Waals surface area (Å²) in [5, 5.41) is 0. The van der Waals surface area contributed by atoms with E-state index >= 15 is 0 Å². The van der Waals surface area contributed by atoms with Gasteiger partial charge in [0.05, 0.1) is 10.6 Å². The molecule has 0 aromatic heterocycles. The van der Waals surface area contributed by atoms with Crippen LogP contribution in [0.5, 0.6) is 0 Å². The average Bonchev–Trinajstić information content (AvgIpc) is 2.66. The Morgan fingerprint density at radius 2 is 1.75 bits per heavy atom. The summed E-state index contributed by atoms with van der Waals surface area (Å²) in [7, 11) is -1.18. The van der Waals surface area contributed by atoms with Crippen molar-refractivity contribution in [2.75, 3.05) is 10.8 Å². The zero-order valence-corrected chi connectivity index (χ0v) is 12.1. The molecule has 0 aliphatic carbocycles. The molecule has 1 heterocycles. The number of nitrogens with zero attached hydrogens (tertiary/aromatic N) is 1. The van der Waals surface area contributed by atoms with E-state index in [2.05, 4.69) is 6.07 Å². The summed E-state index contributed by atoms with van der Waals surface area (Å²) < 4.78 is 14.8. The Morgan fingerprint density at radius 1 is 1.05 bits per heavy atom. The molecule has 104 valence electrons. The number of benzene rings is 2. The molecule has 0 bridgehead atoms. The van der Waals surface area contributed by atoms with E-state index in [1.807, 2.05) is 52.8 Å². The fourth-order valence-electron chi connectivity index (χ4n) is 2.55. The third-order valence-electron chi connectivity index (χ3n) is 3.59. The smallest absolute Gasteiger partial charge is 0.152 e. The highest BCUT2D eigenvalue weighted by molar-refractivity contribution is 7.86. The first kappa shape index (κ1) is 13.3. The quantitative estimate of drug-likeness (QED) is 0.922. The summed E-state index contributed by atoms with van der Waals surface area (Å²) in [5.74, 6) is 0. The van der Waals surface area contributed by atoms with Gasteiger partial charge in [-0.05, 0) is 36.6 Å². The van der Waals surface area contributed by atoms with E-state index in [0.717, 1.165) is 30.0 Å². The van der Waals surface area contributed by atoms with Gasteiger partial charge in [0, 0.05) is 12.6 Å². The average molecular weight is 286 g/mol. The van der Waals surface area contributed by atoms with E-state index in [-0.39, 0.29) is 6.04 Å². The maximum Gasteiger partial charge on any atom is 0.152 e. The summed E-state index contributed by atoms with van der Waals surface area (Å²) in [4.78, 5) is 0.831. The fraction of sp³-hybridized carbons (Fsp3) is 0.250. The van der Waals surface area contributed by atoms with Crippen LogP contribution in [0.4, 0.5) is 5.69 Å². The van der Waals surface area contributed by atoms with Crippen LogP contribution in [0.1, 0.15) is 12.0 Å². The summed E-state index contributed by atoms with van der Waals surface area (Å²) in [6, 6.07) is 17.8. The van der Waals surface area contributed by atoms with Crippen molar-refractivity contribution in [3.8, 4) is 0 Å². The van der Waals surface area contributed by atoms with E-state index in [1.165, 1.54) is 5.56 Å². The van der Waals surface area contributed by atoms with Gasteiger partial charge in [-0.1, -0.05) is 36.4 Å². The lowest BCUT2D eigenvalue weighted by Gasteiger charge is -2.23. The summed E-state index contributed by atoms with van der Waals surface area (Å²) in [6.07, 6.45) is 1.70. The van der Waals surface area contributed by atoms with Gasteiger partial charge >= 0.3 is 0 Å². The van der Waals surface area contributed by atoms with Crippen LogP contribution in [0.15, 0.2) is 59.5 Å². The molecule has 2 atom stereocenters. The predicted molar refractivity (Wildman–Crippen MR) is 82.9 cm³/mol. The molecule has 0 radical (unpaired) electrons. The number of rotatable bonds is 2. The first-order valence-electron chi connectivity index (χ1n) is 6.83. The Morgan fingerprint density at radius 3 is 2.55 bits per heavy atom. The SMILES string of the molecule is NC1CCN(S(=O)c2ccccc2)c2ccccc2C1. The minimum atomic E-state index is -1.18. The zero-order chi connectivity index (χ0) is 13.9. The lowest BCUT2D eigenvalue weighted by molar-refractivity contribution is 0.631. The lowest BCUT2D eigenvalue weighted by atomic mass is 10.1. The molecule has 0 fully saturated rings. The molecule has 2 aromatic carbocycles. The molecule has 2 unspecified atom stereocenters. The zero-order valence-electron chi connectivity index (χ0n) is 11.2. The summed E-state index contributed by atoms with van der Waals surface area (Å²) in [5.41, 5.74) is 8.35. The van der Waals surface area contributed by atoms with Crippen LogP contribution in [0.3, 0.4) is 0 Å². The van der Waals surface area contributed by atoms with Gasteiger partial charge in [0.25, 0.3) is 0 Å². The highest BCUT2D eigenvalue weighted by atomic mass is 32.2. The molecule has 0 saturated carbocycles. The van der Waals surface area contributed by atoms with Crippen LogP contribution in [-0.2, 0) is 17.4 Å². The molecule has 4 heteroatoms. The van der Waals surface area contributed by atoms with Crippen LogP contribution >= 0.6 is 0 Å². The van der Waals surface area contributed by atoms with Gasteiger partial charge in [0.15, 0.2) is 11.0 Å². The van der Waals surface area contributed by atoms with Crippen molar-refractivity contribution in [3.63, 3.8) is 0 Å². The normalized spacial score (nSPS) is 20.1. The molecular formula is C16H18N2OS. The van der Waals surface area contributed by atoms with E-state index < -0.39 is 11.0 Å². The first-order valence-corrected chi connectivity index (χ1v) is 7.94. The van der Waals surface area contributed by atoms with Gasteiger partial charge in [0.2, 0.25) is 0 Å². The fourth-order valence-corrected chi connectivity index (χ4v) is 3.82. The molecule has 2 N–H and O–H groups in total. The van der Waals surface area contributed by atoms with Crippen LogP contribution in [0.25, 0.3) is 0 Å². The lowest BCUT2D eigenvalue weighted by Crippen LogP contribution is -2.29. The number of hydrogen-bond acceptors (Lipinski definition) is 2. The van der Waals surface area contributed by atoms with Crippen molar-refractivity contribution >= 4 is 16.7 Å². The summed E-state index contributed by atoms with van der Waals surface area (Å²) in [6.45, 7) is 0.722. The number of para-hydroxylation sites is 1. The standard InChI is InChI=1S/C16H18N2OS/c17-14-10-11-18(16-9-5-4-6-13(16)12-14)20(19)15-7-2-1-3-8-15/h1-9,14H,10-12,17H2. The van der Waals surface area contributed by atoms with Crippen molar-refractivity contribution in [3.05, 3.63) is 60.2 Å². The highest BCUT2D eigenvalue weighted by Crippen LogP contribution is 2.28. The molecular weight excluding hydrogens is 268 g/mol. The van der Waals surface area contributed by atoms with Crippen LogP contribution in [-0.4, -0.2) is 16.8 Å². The molecule has 0 saturated heterocycles. The molecule has 1 aliphatic rings. The Kier molecular flexibility index (Phi) is 3.85. The predicted octanol–water partition coefficient (Wildman–Crippen LogP) is 2.49. The molecule has 3 nitrogen and oxygen atoms in total. The third kappa shape index (κ3) is 2.62. The van der Waals surface area contributed by atoms with E-state index in [1.54, 1.807) is 0 Å². The monoisotopic (exact) mass is 286 g/mol. The molecule has 3 rings (SSSR count). The Bertz CT molecular complexity index is 615. The largest absolute Gasteiger partial charge is 0.327 e. The maximum absolute atomic E-state index is 12.8. The number of fused-ring (bicyclic) bond motifs is 1. The van der Waals surface area contributed by atoms with Gasteiger partial charge in [-0.15, -0.1) is 0 Å². The number of nitrogens with two attached hydrogens (primary N) is 1. The van der Waals surface area contributed by atoms with E-state index in [0.29, 0.717) is 0 Å². The van der Waals surface area contributed by atoms with Crippen LogP contribution in [0, 0.1) is 0 Å². The Labute approximate surface area is 122 Å². The molecule has 1 aliphatic heterocycles. The third-order valence-corrected chi connectivity index (χ3v) is 5.05.